The smallest absolute Gasteiger partial charge is 0.337 e. The van der Waals surface area contributed by atoms with E-state index in [0.717, 1.165) is 0 Å². The summed E-state index contributed by atoms with van der Waals surface area (Å²) in [5.74, 6) is -0.427. The largest absolute Gasteiger partial charge is 0.465 e. The summed E-state index contributed by atoms with van der Waals surface area (Å²) in [5.41, 5.74) is 1.72. The lowest BCUT2D eigenvalue weighted by atomic mass is 10.2. The fraction of sp³-hybridized carbons (Fsp3) is 0.308. The van der Waals surface area contributed by atoms with Crippen LogP contribution in [0.1, 0.15) is 16.1 Å². The van der Waals surface area contributed by atoms with Crippen molar-refractivity contribution in [3.8, 4) is 0 Å². The molecule has 21 heavy (non-hydrogen) atoms. The monoisotopic (exact) mass is 310 g/mol. The highest BCUT2D eigenvalue weighted by Gasteiger charge is 2.09. The lowest BCUT2D eigenvalue weighted by Crippen LogP contribution is -2.05. The first-order valence-corrected chi connectivity index (χ1v) is 6.63. The van der Waals surface area contributed by atoms with Gasteiger partial charge in [0.25, 0.3) is 0 Å². The molecule has 7 nitrogen and oxygen atoms in total. The van der Waals surface area contributed by atoms with Gasteiger partial charge in [-0.15, -0.1) is 5.10 Å². The van der Waals surface area contributed by atoms with Gasteiger partial charge in [-0.1, -0.05) is 16.8 Å². The molecule has 0 aliphatic rings. The number of aliphatic hydroxyl groups excluding tert-OH is 1. The van der Waals surface area contributed by atoms with E-state index in [1.54, 1.807) is 29.1 Å². The molecule has 0 radical (unpaired) electrons. The maximum atomic E-state index is 11.5. The number of anilines is 1. The van der Waals surface area contributed by atoms with Gasteiger partial charge in [0.15, 0.2) is 0 Å². The number of hydrogen-bond donors (Lipinski definition) is 2. The Balaban J connectivity index is 2.06. The lowest BCUT2D eigenvalue weighted by molar-refractivity contribution is 0.0601. The number of nitrogens with one attached hydrogen (secondary N) is 1. The van der Waals surface area contributed by atoms with E-state index in [4.69, 9.17) is 16.7 Å². The Kier molecular flexibility index (Phi) is 5.13. The van der Waals surface area contributed by atoms with Crippen LogP contribution in [0.15, 0.2) is 24.4 Å². The van der Waals surface area contributed by atoms with Crippen LogP contribution in [0.3, 0.4) is 0 Å². The van der Waals surface area contributed by atoms with Gasteiger partial charge in [0, 0.05) is 0 Å². The Labute approximate surface area is 126 Å². The summed E-state index contributed by atoms with van der Waals surface area (Å²) >= 11 is 6.08. The van der Waals surface area contributed by atoms with Gasteiger partial charge in [-0.3, -0.25) is 0 Å². The molecule has 0 atom stereocenters. The summed E-state index contributed by atoms with van der Waals surface area (Å²) in [5, 5.41) is 20.2. The van der Waals surface area contributed by atoms with Crippen molar-refractivity contribution >= 4 is 23.3 Å². The van der Waals surface area contributed by atoms with Gasteiger partial charge in [0.1, 0.15) is 5.69 Å². The zero-order valence-electron chi connectivity index (χ0n) is 11.4. The van der Waals surface area contributed by atoms with Crippen LogP contribution >= 0.6 is 11.6 Å². The predicted molar refractivity (Wildman–Crippen MR) is 77.2 cm³/mol. The van der Waals surface area contributed by atoms with Gasteiger partial charge in [0.05, 0.1) is 49.3 Å². The van der Waals surface area contributed by atoms with E-state index in [-0.39, 0.29) is 6.61 Å². The topological polar surface area (TPSA) is 89.3 Å². The Hall–Kier alpha value is -2.12. The average Bonchev–Trinajstić information content (AvgIpc) is 2.93. The third-order valence-corrected chi connectivity index (χ3v) is 3.09. The van der Waals surface area contributed by atoms with Gasteiger partial charge < -0.3 is 15.2 Å². The summed E-state index contributed by atoms with van der Waals surface area (Å²) in [7, 11) is 1.32. The first-order chi connectivity index (χ1) is 10.1. The van der Waals surface area contributed by atoms with Crippen molar-refractivity contribution < 1.29 is 14.6 Å². The molecule has 0 aliphatic carbocycles. The van der Waals surface area contributed by atoms with Crippen molar-refractivity contribution in [1.82, 2.24) is 15.0 Å². The van der Waals surface area contributed by atoms with Crippen LogP contribution in [0.2, 0.25) is 5.02 Å². The molecule has 0 spiro atoms. The van der Waals surface area contributed by atoms with Gasteiger partial charge in [0.2, 0.25) is 0 Å². The normalized spacial score (nSPS) is 10.4. The number of carbonyl (C=O) groups excluding carboxylic acids is 1. The lowest BCUT2D eigenvalue weighted by Gasteiger charge is -2.08. The minimum Gasteiger partial charge on any atom is -0.465 e. The van der Waals surface area contributed by atoms with Crippen LogP contribution in [0, 0.1) is 0 Å². The fourth-order valence-corrected chi connectivity index (χ4v) is 1.91. The second kappa shape index (κ2) is 7.05. The number of nitrogens with zero attached hydrogens (tertiary/aromatic N) is 3. The fourth-order valence-electron chi connectivity index (χ4n) is 1.72. The van der Waals surface area contributed by atoms with Crippen LogP contribution < -0.4 is 5.32 Å². The number of aromatic nitrogens is 3. The molecular weight excluding hydrogens is 296 g/mol. The predicted octanol–water partition coefficient (Wildman–Crippen LogP) is 1.32. The van der Waals surface area contributed by atoms with Crippen LogP contribution in [0.4, 0.5) is 5.69 Å². The number of rotatable bonds is 6. The van der Waals surface area contributed by atoms with Crippen molar-refractivity contribution in [2.75, 3.05) is 19.0 Å². The molecule has 0 aliphatic heterocycles. The molecule has 0 bridgehead atoms. The van der Waals surface area contributed by atoms with E-state index in [0.29, 0.717) is 35.1 Å². The number of carbonyl (C=O) groups is 1. The SMILES string of the molecule is COC(=O)c1ccc(Cl)c(NCc2cn(CCO)nn2)c1. The Morgan fingerprint density at radius 3 is 3.05 bits per heavy atom. The van der Waals surface area contributed by atoms with E-state index < -0.39 is 5.97 Å². The third kappa shape index (κ3) is 3.93. The van der Waals surface area contributed by atoms with Crippen molar-refractivity contribution in [2.45, 2.75) is 13.1 Å². The molecule has 1 aromatic carbocycles. The molecule has 1 heterocycles. The van der Waals surface area contributed by atoms with E-state index in [2.05, 4.69) is 20.4 Å². The van der Waals surface area contributed by atoms with E-state index in [9.17, 15) is 4.79 Å². The van der Waals surface area contributed by atoms with Crippen LogP contribution in [0.5, 0.6) is 0 Å². The summed E-state index contributed by atoms with van der Waals surface area (Å²) in [6.45, 7) is 0.796. The number of halogens is 1. The molecular formula is C13H15ClN4O3. The second-order valence-electron chi connectivity index (χ2n) is 4.24. The maximum absolute atomic E-state index is 11.5. The molecule has 0 amide bonds. The van der Waals surface area contributed by atoms with Gasteiger partial charge >= 0.3 is 5.97 Å². The number of esters is 1. The zero-order valence-corrected chi connectivity index (χ0v) is 12.2. The summed E-state index contributed by atoms with van der Waals surface area (Å²) in [4.78, 5) is 11.5. The molecule has 0 fully saturated rings. The third-order valence-electron chi connectivity index (χ3n) is 2.76. The number of methoxy groups -OCH3 is 1. The Morgan fingerprint density at radius 2 is 2.33 bits per heavy atom. The molecule has 2 rings (SSSR count). The minimum atomic E-state index is -0.427. The Bertz CT molecular complexity index is 630. The van der Waals surface area contributed by atoms with Crippen molar-refractivity contribution in [3.63, 3.8) is 0 Å². The van der Waals surface area contributed by atoms with E-state index in [1.165, 1.54) is 7.11 Å². The number of benzene rings is 1. The number of aliphatic hydroxyl groups is 1. The molecule has 2 aromatic rings. The van der Waals surface area contributed by atoms with Crippen molar-refractivity contribution in [3.05, 3.63) is 40.7 Å². The molecule has 8 heteroatoms. The molecule has 0 saturated heterocycles. The highest BCUT2D eigenvalue weighted by Crippen LogP contribution is 2.23. The first kappa shape index (κ1) is 15.3. The first-order valence-electron chi connectivity index (χ1n) is 6.25. The van der Waals surface area contributed by atoms with Gasteiger partial charge in [-0.05, 0) is 18.2 Å². The van der Waals surface area contributed by atoms with Crippen LogP contribution in [0.25, 0.3) is 0 Å². The molecule has 1 aromatic heterocycles. The molecule has 0 unspecified atom stereocenters. The number of hydrogen-bond acceptors (Lipinski definition) is 6. The second-order valence-corrected chi connectivity index (χ2v) is 4.64. The van der Waals surface area contributed by atoms with Crippen LogP contribution in [-0.4, -0.2) is 39.8 Å². The minimum absolute atomic E-state index is 0.00321. The summed E-state index contributed by atoms with van der Waals surface area (Å²) in [6.07, 6.45) is 1.72. The van der Waals surface area contributed by atoms with E-state index >= 15 is 0 Å². The summed E-state index contributed by atoms with van der Waals surface area (Å²) in [6, 6.07) is 4.84. The standard InChI is InChI=1S/C13H15ClN4O3/c1-21-13(20)9-2-3-11(14)12(6-9)15-7-10-8-18(4-5-19)17-16-10/h2-3,6,8,15,19H,4-5,7H2,1H3. The summed E-state index contributed by atoms with van der Waals surface area (Å²) < 4.78 is 6.21. The Morgan fingerprint density at radius 1 is 1.52 bits per heavy atom. The highest BCUT2D eigenvalue weighted by atomic mass is 35.5. The highest BCUT2D eigenvalue weighted by molar-refractivity contribution is 6.33. The molecule has 112 valence electrons. The zero-order chi connectivity index (χ0) is 15.2. The molecule has 2 N–H and O–H groups in total. The van der Waals surface area contributed by atoms with Crippen molar-refractivity contribution in [1.29, 1.82) is 0 Å². The molecule has 0 saturated carbocycles. The van der Waals surface area contributed by atoms with Crippen molar-refractivity contribution in [2.24, 2.45) is 0 Å². The van der Waals surface area contributed by atoms with E-state index in [1.807, 2.05) is 0 Å². The number of ether oxygens (including phenoxy) is 1. The van der Waals surface area contributed by atoms with Crippen LogP contribution in [-0.2, 0) is 17.8 Å². The quantitative estimate of drug-likeness (QED) is 0.782. The van der Waals surface area contributed by atoms with Gasteiger partial charge in [-0.25, -0.2) is 9.48 Å². The maximum Gasteiger partial charge on any atom is 0.337 e. The average molecular weight is 311 g/mol. The van der Waals surface area contributed by atoms with Gasteiger partial charge in [-0.2, -0.15) is 0 Å².